The molecule has 7 heteroatoms. The number of carbonyl (C=O) groups is 1. The third-order valence-electron chi connectivity index (χ3n) is 6.86. The Morgan fingerprint density at radius 3 is 2.51 bits per heavy atom. The van der Waals surface area contributed by atoms with Gasteiger partial charge in [-0.05, 0) is 67.9 Å². The molecule has 0 spiro atoms. The Bertz CT molecular complexity index is 1120. The predicted molar refractivity (Wildman–Crippen MR) is 145 cm³/mol. The van der Waals surface area contributed by atoms with E-state index in [2.05, 4.69) is 51.8 Å². The van der Waals surface area contributed by atoms with Crippen molar-refractivity contribution in [3.63, 3.8) is 0 Å². The fraction of sp³-hybridized carbons (Fsp3) is 0.500. The van der Waals surface area contributed by atoms with Crippen LogP contribution in [0, 0.1) is 0 Å². The second-order valence-electron chi connectivity index (χ2n) is 10.6. The molecule has 190 valence electrons. The SMILES string of the molecule is CCCN(CCO[Si](C)(C)C(C)(C)C)Cc1ccc(-c2c(C(=O)OCC)cc3ccccn23)nc1. The van der Waals surface area contributed by atoms with Gasteiger partial charge < -0.3 is 13.6 Å². The Balaban J connectivity index is 1.76. The van der Waals surface area contributed by atoms with E-state index in [4.69, 9.17) is 14.1 Å². The maximum atomic E-state index is 12.6. The van der Waals surface area contributed by atoms with E-state index in [1.54, 1.807) is 0 Å². The Morgan fingerprint density at radius 1 is 1.11 bits per heavy atom. The van der Waals surface area contributed by atoms with Crippen molar-refractivity contribution in [3.8, 4) is 11.4 Å². The molecule has 35 heavy (non-hydrogen) atoms. The molecule has 0 atom stereocenters. The molecule has 0 saturated carbocycles. The second-order valence-corrected chi connectivity index (χ2v) is 15.4. The van der Waals surface area contributed by atoms with Crippen molar-refractivity contribution in [3.05, 3.63) is 59.9 Å². The zero-order valence-corrected chi connectivity index (χ0v) is 23.4. The summed E-state index contributed by atoms with van der Waals surface area (Å²) in [5.74, 6) is -0.326. The molecular weight excluding hydrogens is 454 g/mol. The molecule has 3 aromatic rings. The lowest BCUT2D eigenvalue weighted by atomic mass is 10.1. The summed E-state index contributed by atoms with van der Waals surface area (Å²) in [4.78, 5) is 19.8. The lowest BCUT2D eigenvalue weighted by Gasteiger charge is -2.36. The van der Waals surface area contributed by atoms with Crippen LogP contribution in [0.4, 0.5) is 0 Å². The Morgan fingerprint density at radius 2 is 1.89 bits per heavy atom. The molecule has 6 nitrogen and oxygen atoms in total. The van der Waals surface area contributed by atoms with E-state index in [0.29, 0.717) is 12.2 Å². The summed E-state index contributed by atoms with van der Waals surface area (Å²) in [6, 6.07) is 11.9. The van der Waals surface area contributed by atoms with Gasteiger partial charge in [0, 0.05) is 37.6 Å². The highest BCUT2D eigenvalue weighted by Crippen LogP contribution is 2.36. The largest absolute Gasteiger partial charge is 0.462 e. The average Bonchev–Trinajstić information content (AvgIpc) is 3.19. The minimum atomic E-state index is -1.75. The van der Waals surface area contributed by atoms with Crippen molar-refractivity contribution in [2.75, 3.05) is 26.3 Å². The molecule has 0 fully saturated rings. The van der Waals surface area contributed by atoms with Gasteiger partial charge in [-0.15, -0.1) is 0 Å². The van der Waals surface area contributed by atoms with E-state index in [1.165, 1.54) is 0 Å². The number of pyridine rings is 2. The lowest BCUT2D eigenvalue weighted by molar-refractivity contribution is 0.0527. The minimum absolute atomic E-state index is 0.216. The Hall–Kier alpha value is -2.48. The van der Waals surface area contributed by atoms with Crippen molar-refractivity contribution in [1.29, 1.82) is 0 Å². The molecule has 3 aromatic heterocycles. The van der Waals surface area contributed by atoms with Crippen LogP contribution in [0.2, 0.25) is 18.1 Å². The molecule has 0 saturated heterocycles. The number of rotatable bonds is 11. The third-order valence-corrected chi connectivity index (χ3v) is 11.4. The highest BCUT2D eigenvalue weighted by atomic mass is 28.4. The zero-order valence-electron chi connectivity index (χ0n) is 22.4. The van der Waals surface area contributed by atoms with Gasteiger partial charge in [0.05, 0.1) is 23.6 Å². The third kappa shape index (κ3) is 6.60. The molecule has 3 rings (SSSR count). The van der Waals surface area contributed by atoms with E-state index < -0.39 is 8.32 Å². The first-order valence-corrected chi connectivity index (χ1v) is 15.6. The fourth-order valence-corrected chi connectivity index (χ4v) is 4.93. The van der Waals surface area contributed by atoms with Gasteiger partial charge in [-0.25, -0.2) is 4.79 Å². The summed E-state index contributed by atoms with van der Waals surface area (Å²) < 4.78 is 13.7. The molecule has 0 radical (unpaired) electrons. The predicted octanol–water partition coefficient (Wildman–Crippen LogP) is 6.41. The smallest absolute Gasteiger partial charge is 0.340 e. The van der Waals surface area contributed by atoms with Gasteiger partial charge in [0.25, 0.3) is 0 Å². The molecule has 0 aliphatic heterocycles. The van der Waals surface area contributed by atoms with Crippen molar-refractivity contribution in [2.24, 2.45) is 0 Å². The maximum absolute atomic E-state index is 12.6. The van der Waals surface area contributed by atoms with Crippen LogP contribution in [0.15, 0.2) is 48.8 Å². The first kappa shape index (κ1) is 27.1. The van der Waals surface area contributed by atoms with Crippen molar-refractivity contribution >= 4 is 19.8 Å². The van der Waals surface area contributed by atoms with Crippen LogP contribution in [0.3, 0.4) is 0 Å². The topological polar surface area (TPSA) is 56.1 Å². The Kier molecular flexibility index (Phi) is 8.91. The van der Waals surface area contributed by atoms with Gasteiger partial charge >= 0.3 is 5.97 Å². The van der Waals surface area contributed by atoms with Crippen LogP contribution in [0.1, 0.15) is 57.0 Å². The van der Waals surface area contributed by atoms with Crippen LogP contribution in [-0.2, 0) is 15.7 Å². The van der Waals surface area contributed by atoms with E-state index in [9.17, 15) is 4.79 Å². The summed E-state index contributed by atoms with van der Waals surface area (Å²) in [5, 5.41) is 0.216. The van der Waals surface area contributed by atoms with Crippen molar-refractivity contribution < 1.29 is 14.0 Å². The van der Waals surface area contributed by atoms with Crippen molar-refractivity contribution in [1.82, 2.24) is 14.3 Å². The fourth-order valence-electron chi connectivity index (χ4n) is 3.90. The van der Waals surface area contributed by atoms with Crippen LogP contribution < -0.4 is 0 Å². The highest BCUT2D eigenvalue weighted by Gasteiger charge is 2.37. The molecule has 0 unspecified atom stereocenters. The molecule has 0 aromatic carbocycles. The summed E-state index contributed by atoms with van der Waals surface area (Å²) in [6.45, 7) is 19.3. The number of nitrogens with zero attached hydrogens (tertiary/aromatic N) is 3. The summed E-state index contributed by atoms with van der Waals surface area (Å²) in [6.07, 6.45) is 4.96. The monoisotopic (exact) mass is 495 g/mol. The molecule has 0 aliphatic rings. The van der Waals surface area contributed by atoms with E-state index in [-0.39, 0.29) is 11.0 Å². The van der Waals surface area contributed by atoms with Crippen LogP contribution in [0.25, 0.3) is 16.9 Å². The van der Waals surface area contributed by atoms with E-state index in [0.717, 1.165) is 55.1 Å². The van der Waals surface area contributed by atoms with Crippen LogP contribution in [-0.4, -0.2) is 54.9 Å². The molecule has 0 bridgehead atoms. The number of aromatic nitrogens is 2. The number of ether oxygens (including phenoxy) is 1. The second kappa shape index (κ2) is 11.5. The molecule has 0 N–H and O–H groups in total. The lowest BCUT2D eigenvalue weighted by Crippen LogP contribution is -2.42. The minimum Gasteiger partial charge on any atom is -0.462 e. The standard InChI is InChI=1S/C28H41N3O3Si/c1-8-15-30(17-18-34-35(6,7)28(3,4)5)21-22-13-14-25(29-20-22)26-24(27(32)33-9-2)19-23-12-10-11-16-31(23)26/h10-14,16,19-20H,8-9,15,17-18,21H2,1-7H3. The van der Waals surface area contributed by atoms with Crippen LogP contribution in [0.5, 0.6) is 0 Å². The summed E-state index contributed by atoms with van der Waals surface area (Å²) in [5.41, 5.74) is 4.14. The number of hydrogen-bond acceptors (Lipinski definition) is 5. The first-order valence-electron chi connectivity index (χ1n) is 12.7. The van der Waals surface area contributed by atoms with Gasteiger partial charge in [0.2, 0.25) is 0 Å². The van der Waals surface area contributed by atoms with Gasteiger partial charge in [-0.3, -0.25) is 9.88 Å². The van der Waals surface area contributed by atoms with Gasteiger partial charge in [-0.1, -0.05) is 39.8 Å². The molecule has 0 aliphatic carbocycles. The molecular formula is C28H41N3O3Si. The van der Waals surface area contributed by atoms with Crippen molar-refractivity contribution in [2.45, 2.75) is 65.7 Å². The average molecular weight is 496 g/mol. The Labute approximate surface area is 211 Å². The summed E-state index contributed by atoms with van der Waals surface area (Å²) >= 11 is 0. The zero-order chi connectivity index (χ0) is 25.6. The quantitative estimate of drug-likeness (QED) is 0.227. The van der Waals surface area contributed by atoms with Gasteiger partial charge in [0.1, 0.15) is 0 Å². The summed E-state index contributed by atoms with van der Waals surface area (Å²) in [7, 11) is -1.75. The number of esters is 1. The number of hydrogen-bond donors (Lipinski definition) is 0. The molecule has 3 heterocycles. The normalized spacial score (nSPS) is 12.5. The first-order chi connectivity index (χ1) is 16.6. The maximum Gasteiger partial charge on any atom is 0.340 e. The van der Waals surface area contributed by atoms with Crippen LogP contribution >= 0.6 is 0 Å². The van der Waals surface area contributed by atoms with Gasteiger partial charge in [0.15, 0.2) is 8.32 Å². The highest BCUT2D eigenvalue weighted by molar-refractivity contribution is 6.74. The van der Waals surface area contributed by atoms with Gasteiger partial charge in [-0.2, -0.15) is 0 Å². The number of fused-ring (bicyclic) bond motifs is 1. The van der Waals surface area contributed by atoms with E-state index in [1.807, 2.05) is 54.0 Å². The molecule has 0 amide bonds. The van der Waals surface area contributed by atoms with E-state index >= 15 is 0 Å². The number of carbonyl (C=O) groups excluding carboxylic acids is 1.